The van der Waals surface area contributed by atoms with E-state index in [1.54, 1.807) is 0 Å². The van der Waals surface area contributed by atoms with Crippen molar-refractivity contribution in [2.45, 2.75) is 39.5 Å². The van der Waals surface area contributed by atoms with Crippen LogP contribution in [0.15, 0.2) is 0 Å². The third-order valence-corrected chi connectivity index (χ3v) is 3.31. The van der Waals surface area contributed by atoms with Gasteiger partial charge >= 0.3 is 0 Å². The maximum Gasteiger partial charge on any atom is 0.0226 e. The van der Waals surface area contributed by atoms with E-state index in [2.05, 4.69) is 13.8 Å². The number of hydrogen-bond donors (Lipinski definition) is 0. The van der Waals surface area contributed by atoms with E-state index in [0.29, 0.717) is 0 Å². The van der Waals surface area contributed by atoms with Crippen LogP contribution in [0.3, 0.4) is 0 Å². The smallest absolute Gasteiger partial charge is 0.0226 e. The van der Waals surface area contributed by atoms with Gasteiger partial charge < -0.3 is 0 Å². The number of halogens is 1. The lowest BCUT2D eigenvalue weighted by molar-refractivity contribution is 0.200. The van der Waals surface area contributed by atoms with E-state index in [1.807, 2.05) is 0 Å². The zero-order valence-corrected chi connectivity index (χ0v) is 8.40. The molecular formula is C10H19Cl. The Balaban J connectivity index is 2.31. The molecule has 2 unspecified atom stereocenters. The Kier molecular flexibility index (Phi) is 3.71. The molecule has 0 radical (unpaired) electrons. The lowest BCUT2D eigenvalue weighted by atomic mass is 9.74. The molecule has 3 atom stereocenters. The Morgan fingerprint density at radius 2 is 2.00 bits per heavy atom. The van der Waals surface area contributed by atoms with Gasteiger partial charge in [-0.25, -0.2) is 0 Å². The number of hydrogen-bond acceptors (Lipinski definition) is 0. The molecule has 1 aliphatic rings. The van der Waals surface area contributed by atoms with Crippen molar-refractivity contribution in [3.63, 3.8) is 0 Å². The van der Waals surface area contributed by atoms with Gasteiger partial charge in [-0.15, -0.1) is 11.6 Å². The molecule has 0 N–H and O–H groups in total. The minimum absolute atomic E-state index is 0.851. The van der Waals surface area contributed by atoms with Crippen molar-refractivity contribution < 1.29 is 0 Å². The van der Waals surface area contributed by atoms with Crippen molar-refractivity contribution in [3.05, 3.63) is 0 Å². The minimum Gasteiger partial charge on any atom is -0.127 e. The Morgan fingerprint density at radius 1 is 1.27 bits per heavy atom. The van der Waals surface area contributed by atoms with Crippen LogP contribution in [0.4, 0.5) is 0 Å². The first kappa shape index (κ1) is 9.38. The van der Waals surface area contributed by atoms with Crippen molar-refractivity contribution in [2.75, 3.05) is 5.88 Å². The van der Waals surface area contributed by atoms with E-state index in [0.717, 1.165) is 23.6 Å². The van der Waals surface area contributed by atoms with Gasteiger partial charge in [0.15, 0.2) is 0 Å². The SMILES string of the molecule is CC1CCC(CCCl)[C@@H](C)C1. The third-order valence-electron chi connectivity index (χ3n) is 3.09. The van der Waals surface area contributed by atoms with E-state index >= 15 is 0 Å². The van der Waals surface area contributed by atoms with E-state index in [1.165, 1.54) is 25.7 Å². The number of alkyl halides is 1. The van der Waals surface area contributed by atoms with Crippen LogP contribution in [-0.4, -0.2) is 5.88 Å². The predicted molar refractivity (Wildman–Crippen MR) is 51.0 cm³/mol. The summed E-state index contributed by atoms with van der Waals surface area (Å²) in [6.45, 7) is 4.75. The lowest BCUT2D eigenvalue weighted by Crippen LogP contribution is -2.21. The maximum atomic E-state index is 5.74. The van der Waals surface area contributed by atoms with Gasteiger partial charge in [-0.3, -0.25) is 0 Å². The number of rotatable bonds is 2. The molecule has 66 valence electrons. The quantitative estimate of drug-likeness (QED) is 0.561. The molecule has 1 saturated carbocycles. The first-order valence-corrected chi connectivity index (χ1v) is 5.33. The highest BCUT2D eigenvalue weighted by molar-refractivity contribution is 6.17. The lowest BCUT2D eigenvalue weighted by Gasteiger charge is -2.32. The normalized spacial score (nSPS) is 39.0. The van der Waals surface area contributed by atoms with E-state index < -0.39 is 0 Å². The Bertz CT molecular complexity index is 111. The molecule has 0 aromatic carbocycles. The van der Waals surface area contributed by atoms with E-state index in [9.17, 15) is 0 Å². The highest BCUT2D eigenvalue weighted by Crippen LogP contribution is 2.35. The fourth-order valence-corrected chi connectivity index (χ4v) is 2.58. The van der Waals surface area contributed by atoms with Gasteiger partial charge in [-0.05, 0) is 37.0 Å². The van der Waals surface area contributed by atoms with Crippen LogP contribution >= 0.6 is 11.6 Å². The van der Waals surface area contributed by atoms with E-state index in [-0.39, 0.29) is 0 Å². The Labute approximate surface area is 75.3 Å². The molecule has 0 spiro atoms. The Morgan fingerprint density at radius 3 is 2.55 bits per heavy atom. The molecule has 0 nitrogen and oxygen atoms in total. The van der Waals surface area contributed by atoms with Crippen LogP contribution in [0.25, 0.3) is 0 Å². The van der Waals surface area contributed by atoms with Crippen LogP contribution in [-0.2, 0) is 0 Å². The van der Waals surface area contributed by atoms with Crippen LogP contribution < -0.4 is 0 Å². The summed E-state index contributed by atoms with van der Waals surface area (Å²) in [6, 6.07) is 0. The molecule has 1 rings (SSSR count). The average molecular weight is 175 g/mol. The standard InChI is InChI=1S/C10H19Cl/c1-8-3-4-10(5-6-11)9(2)7-8/h8-10H,3-7H2,1-2H3/t8?,9-,10?/m0/s1. The summed E-state index contributed by atoms with van der Waals surface area (Å²) in [6.07, 6.45) is 5.48. The molecule has 1 fully saturated rings. The van der Waals surface area contributed by atoms with Gasteiger partial charge in [0.2, 0.25) is 0 Å². The zero-order chi connectivity index (χ0) is 8.27. The second-order valence-corrected chi connectivity index (χ2v) is 4.51. The summed E-state index contributed by atoms with van der Waals surface area (Å²) in [5.74, 6) is 3.64. The van der Waals surface area contributed by atoms with E-state index in [4.69, 9.17) is 11.6 Å². The molecule has 0 heterocycles. The monoisotopic (exact) mass is 174 g/mol. The van der Waals surface area contributed by atoms with Crippen LogP contribution in [0, 0.1) is 17.8 Å². The highest BCUT2D eigenvalue weighted by Gasteiger charge is 2.24. The first-order valence-electron chi connectivity index (χ1n) is 4.80. The van der Waals surface area contributed by atoms with Gasteiger partial charge in [0.05, 0.1) is 0 Å². The minimum atomic E-state index is 0.851. The van der Waals surface area contributed by atoms with Crippen molar-refractivity contribution in [1.82, 2.24) is 0 Å². The molecular weight excluding hydrogens is 156 g/mol. The molecule has 0 aromatic heterocycles. The first-order chi connectivity index (χ1) is 5.24. The molecule has 0 saturated heterocycles. The zero-order valence-electron chi connectivity index (χ0n) is 7.65. The largest absolute Gasteiger partial charge is 0.127 e. The van der Waals surface area contributed by atoms with Crippen molar-refractivity contribution >= 4 is 11.6 Å². The topological polar surface area (TPSA) is 0 Å². The molecule has 1 aliphatic carbocycles. The van der Waals surface area contributed by atoms with Gasteiger partial charge in [-0.2, -0.15) is 0 Å². The predicted octanol–water partition coefficient (Wildman–Crippen LogP) is 3.69. The van der Waals surface area contributed by atoms with Crippen LogP contribution in [0.5, 0.6) is 0 Å². The Hall–Kier alpha value is 0.290. The molecule has 0 aliphatic heterocycles. The van der Waals surface area contributed by atoms with Crippen LogP contribution in [0.1, 0.15) is 39.5 Å². The highest BCUT2D eigenvalue weighted by atomic mass is 35.5. The molecule has 1 heteroatoms. The molecule has 0 amide bonds. The summed E-state index contributed by atoms with van der Waals surface area (Å²) < 4.78 is 0. The summed E-state index contributed by atoms with van der Waals surface area (Å²) in [4.78, 5) is 0. The maximum absolute atomic E-state index is 5.74. The fourth-order valence-electron chi connectivity index (χ4n) is 2.30. The average Bonchev–Trinajstić information content (AvgIpc) is 1.95. The summed E-state index contributed by atoms with van der Waals surface area (Å²) in [7, 11) is 0. The van der Waals surface area contributed by atoms with Gasteiger partial charge in [0.25, 0.3) is 0 Å². The molecule has 0 bridgehead atoms. The summed E-state index contributed by atoms with van der Waals surface area (Å²) >= 11 is 5.74. The molecule has 0 aromatic rings. The van der Waals surface area contributed by atoms with Crippen molar-refractivity contribution in [2.24, 2.45) is 17.8 Å². The third kappa shape index (κ3) is 2.66. The van der Waals surface area contributed by atoms with Gasteiger partial charge in [0.1, 0.15) is 0 Å². The molecule has 11 heavy (non-hydrogen) atoms. The van der Waals surface area contributed by atoms with Crippen molar-refractivity contribution in [1.29, 1.82) is 0 Å². The van der Waals surface area contributed by atoms with Crippen molar-refractivity contribution in [3.8, 4) is 0 Å². The fraction of sp³-hybridized carbons (Fsp3) is 1.00. The summed E-state index contributed by atoms with van der Waals surface area (Å²) in [5.41, 5.74) is 0. The van der Waals surface area contributed by atoms with Gasteiger partial charge in [0, 0.05) is 5.88 Å². The second-order valence-electron chi connectivity index (χ2n) is 4.13. The van der Waals surface area contributed by atoms with Crippen LogP contribution in [0.2, 0.25) is 0 Å². The van der Waals surface area contributed by atoms with Gasteiger partial charge in [-0.1, -0.05) is 20.3 Å². The second kappa shape index (κ2) is 4.35. The summed E-state index contributed by atoms with van der Waals surface area (Å²) in [5, 5.41) is 0.